The van der Waals surface area contributed by atoms with E-state index in [1.165, 1.54) is 0 Å². The predicted molar refractivity (Wildman–Crippen MR) is 135 cm³/mol. The number of nitrogens with two attached hydrogens (primary N) is 1. The van der Waals surface area contributed by atoms with E-state index in [0.29, 0.717) is 24.5 Å². The minimum absolute atomic E-state index is 0.0472. The molecule has 0 bridgehead atoms. The molecular formula is C26H33N3O3Si. The molecule has 1 aliphatic heterocycles. The summed E-state index contributed by atoms with van der Waals surface area (Å²) in [6, 6.07) is 16.5. The van der Waals surface area contributed by atoms with Crippen LogP contribution in [-0.2, 0) is 11.5 Å². The van der Waals surface area contributed by atoms with E-state index in [2.05, 4.69) is 31.2 Å². The smallest absolute Gasteiger partial charge is 0.253 e. The van der Waals surface area contributed by atoms with Gasteiger partial charge in [-0.15, -0.1) is 0 Å². The zero-order valence-electron chi connectivity index (χ0n) is 19.9. The van der Waals surface area contributed by atoms with Crippen LogP contribution in [0, 0.1) is 6.92 Å². The standard InChI is InChI=1S/C26H33N3O3Si/c1-18-25-23(16-29(18)17-31-12-13-33(2,3)4)22(15-28-26(25)30)21-14-19(27)10-11-24(21)32-20-8-6-5-7-9-20/h5-11,14,16,22H,12-13,15,17,27H2,1-4H3,(H,28,30). The molecule has 0 fully saturated rings. The number of aromatic nitrogens is 1. The highest BCUT2D eigenvalue weighted by Crippen LogP contribution is 2.39. The zero-order chi connectivity index (χ0) is 23.6. The summed E-state index contributed by atoms with van der Waals surface area (Å²) in [4.78, 5) is 12.8. The van der Waals surface area contributed by atoms with Crippen LogP contribution in [0.15, 0.2) is 54.7 Å². The third-order valence-electron chi connectivity index (χ3n) is 6.05. The second-order valence-corrected chi connectivity index (χ2v) is 15.5. The van der Waals surface area contributed by atoms with Crippen molar-refractivity contribution < 1.29 is 14.3 Å². The van der Waals surface area contributed by atoms with Crippen molar-refractivity contribution in [2.45, 2.75) is 45.3 Å². The van der Waals surface area contributed by atoms with E-state index < -0.39 is 8.07 Å². The highest BCUT2D eigenvalue weighted by molar-refractivity contribution is 6.76. The molecule has 1 amide bonds. The largest absolute Gasteiger partial charge is 0.457 e. The van der Waals surface area contributed by atoms with Gasteiger partial charge in [0.15, 0.2) is 0 Å². The molecule has 0 saturated carbocycles. The first-order chi connectivity index (χ1) is 15.7. The van der Waals surface area contributed by atoms with Gasteiger partial charge in [0.25, 0.3) is 5.91 Å². The van der Waals surface area contributed by atoms with Gasteiger partial charge in [-0.1, -0.05) is 37.8 Å². The Hall–Kier alpha value is -3.03. The van der Waals surface area contributed by atoms with Gasteiger partial charge in [-0.3, -0.25) is 4.79 Å². The van der Waals surface area contributed by atoms with E-state index >= 15 is 0 Å². The van der Waals surface area contributed by atoms with E-state index in [-0.39, 0.29) is 11.8 Å². The molecule has 6 nitrogen and oxygen atoms in total. The number of nitrogen functional groups attached to an aromatic ring is 1. The third-order valence-corrected chi connectivity index (χ3v) is 7.76. The number of hydrogen-bond donors (Lipinski definition) is 2. The Kier molecular flexibility index (Phi) is 6.62. The number of nitrogens with zero attached hydrogens (tertiary/aromatic N) is 1. The summed E-state index contributed by atoms with van der Waals surface area (Å²) in [5.74, 6) is 1.38. The van der Waals surface area contributed by atoms with Crippen molar-refractivity contribution in [2.24, 2.45) is 0 Å². The molecule has 174 valence electrons. The summed E-state index contributed by atoms with van der Waals surface area (Å²) in [6.07, 6.45) is 2.05. The topological polar surface area (TPSA) is 78.5 Å². The highest BCUT2D eigenvalue weighted by Gasteiger charge is 2.32. The number of hydrogen-bond acceptors (Lipinski definition) is 4. The van der Waals surface area contributed by atoms with Crippen LogP contribution in [0.3, 0.4) is 0 Å². The maximum Gasteiger partial charge on any atom is 0.253 e. The lowest BCUT2D eigenvalue weighted by Crippen LogP contribution is -2.35. The average molecular weight is 464 g/mol. The maximum atomic E-state index is 12.8. The number of anilines is 1. The number of para-hydroxylation sites is 1. The van der Waals surface area contributed by atoms with Crippen molar-refractivity contribution in [3.05, 3.63) is 77.1 Å². The Morgan fingerprint density at radius 3 is 2.61 bits per heavy atom. The van der Waals surface area contributed by atoms with Gasteiger partial charge in [0.1, 0.15) is 18.2 Å². The summed E-state index contributed by atoms with van der Waals surface area (Å²) in [5.41, 5.74) is 10.4. The fourth-order valence-corrected chi connectivity index (χ4v) is 4.89. The number of benzene rings is 2. The van der Waals surface area contributed by atoms with Crippen molar-refractivity contribution in [3.8, 4) is 11.5 Å². The van der Waals surface area contributed by atoms with Crippen LogP contribution in [0.25, 0.3) is 0 Å². The quantitative estimate of drug-likeness (QED) is 0.268. The monoisotopic (exact) mass is 463 g/mol. The van der Waals surface area contributed by atoms with Gasteiger partial charge in [-0.05, 0) is 48.9 Å². The number of rotatable bonds is 8. The molecule has 1 aliphatic rings. The van der Waals surface area contributed by atoms with Gasteiger partial charge in [-0.25, -0.2) is 0 Å². The summed E-state index contributed by atoms with van der Waals surface area (Å²) < 4.78 is 14.2. The van der Waals surface area contributed by atoms with E-state index in [9.17, 15) is 4.79 Å². The van der Waals surface area contributed by atoms with Crippen molar-refractivity contribution in [2.75, 3.05) is 18.9 Å². The highest BCUT2D eigenvalue weighted by atomic mass is 28.3. The number of carbonyl (C=O) groups excluding carboxylic acids is 1. The first-order valence-electron chi connectivity index (χ1n) is 11.4. The molecule has 0 aliphatic carbocycles. The fraction of sp³-hybridized carbons (Fsp3) is 0.346. The van der Waals surface area contributed by atoms with Gasteiger partial charge in [0.05, 0.1) is 5.56 Å². The Morgan fingerprint density at radius 1 is 1.12 bits per heavy atom. The van der Waals surface area contributed by atoms with Gasteiger partial charge >= 0.3 is 0 Å². The Morgan fingerprint density at radius 2 is 1.88 bits per heavy atom. The van der Waals surface area contributed by atoms with Crippen LogP contribution in [0.4, 0.5) is 5.69 Å². The minimum atomic E-state index is -1.15. The van der Waals surface area contributed by atoms with E-state index in [1.54, 1.807) is 0 Å². The number of fused-ring (bicyclic) bond motifs is 1. The van der Waals surface area contributed by atoms with E-state index in [1.807, 2.05) is 60.0 Å². The Labute approximate surface area is 196 Å². The summed E-state index contributed by atoms with van der Waals surface area (Å²) in [5, 5.41) is 3.05. The lowest BCUT2D eigenvalue weighted by Gasteiger charge is -2.26. The molecule has 0 saturated heterocycles. The molecule has 2 heterocycles. The average Bonchev–Trinajstić information content (AvgIpc) is 3.10. The Balaban J connectivity index is 1.64. The second-order valence-electron chi connectivity index (χ2n) is 9.84. The SMILES string of the molecule is Cc1c2c(cn1COCC[Si](C)(C)C)C(c1cc(N)ccc1Oc1ccccc1)CNC2=O. The molecule has 1 unspecified atom stereocenters. The number of nitrogens with one attached hydrogen (secondary N) is 1. The number of ether oxygens (including phenoxy) is 2. The zero-order valence-corrected chi connectivity index (χ0v) is 20.9. The van der Waals surface area contributed by atoms with Crippen molar-refractivity contribution in [1.29, 1.82) is 0 Å². The normalized spacial score (nSPS) is 15.8. The molecule has 7 heteroatoms. The van der Waals surface area contributed by atoms with E-state index in [0.717, 1.165) is 41.0 Å². The molecule has 3 N–H and O–H groups in total. The summed E-state index contributed by atoms with van der Waals surface area (Å²) >= 11 is 0. The lowest BCUT2D eigenvalue weighted by atomic mass is 9.86. The third kappa shape index (κ3) is 5.31. The summed E-state index contributed by atoms with van der Waals surface area (Å²) in [6.45, 7) is 10.7. The molecular weight excluding hydrogens is 430 g/mol. The number of amides is 1. The molecule has 0 spiro atoms. The molecule has 1 aromatic heterocycles. The molecule has 3 aromatic rings. The Bertz CT molecular complexity index is 1140. The van der Waals surface area contributed by atoms with Crippen LogP contribution in [-0.4, -0.2) is 31.7 Å². The molecule has 2 aromatic carbocycles. The number of carbonyl (C=O) groups is 1. The molecule has 33 heavy (non-hydrogen) atoms. The maximum absolute atomic E-state index is 12.8. The minimum Gasteiger partial charge on any atom is -0.457 e. The molecule has 0 radical (unpaired) electrons. The van der Waals surface area contributed by atoms with Crippen LogP contribution >= 0.6 is 0 Å². The van der Waals surface area contributed by atoms with Crippen molar-refractivity contribution >= 4 is 19.7 Å². The van der Waals surface area contributed by atoms with Crippen LogP contribution in [0.5, 0.6) is 11.5 Å². The van der Waals surface area contributed by atoms with Crippen molar-refractivity contribution in [3.63, 3.8) is 0 Å². The van der Waals surface area contributed by atoms with Crippen LogP contribution in [0.1, 0.15) is 33.1 Å². The second kappa shape index (κ2) is 9.45. The summed E-state index contributed by atoms with van der Waals surface area (Å²) in [7, 11) is -1.15. The van der Waals surface area contributed by atoms with Crippen molar-refractivity contribution in [1.82, 2.24) is 9.88 Å². The molecule has 4 rings (SSSR count). The lowest BCUT2D eigenvalue weighted by molar-refractivity contribution is 0.0857. The first kappa shape index (κ1) is 23.1. The van der Waals surface area contributed by atoms with Gasteiger partial charge in [0, 0.05) is 50.3 Å². The van der Waals surface area contributed by atoms with E-state index in [4.69, 9.17) is 15.2 Å². The van der Waals surface area contributed by atoms with Crippen LogP contribution in [0.2, 0.25) is 25.7 Å². The molecule has 1 atom stereocenters. The predicted octanol–water partition coefficient (Wildman–Crippen LogP) is 5.36. The van der Waals surface area contributed by atoms with Gasteiger partial charge in [-0.2, -0.15) is 0 Å². The first-order valence-corrected chi connectivity index (χ1v) is 15.1. The van der Waals surface area contributed by atoms with Crippen LogP contribution < -0.4 is 15.8 Å². The van der Waals surface area contributed by atoms with Gasteiger partial charge in [0.2, 0.25) is 0 Å². The fourth-order valence-electron chi connectivity index (χ4n) is 4.13. The van der Waals surface area contributed by atoms with Gasteiger partial charge < -0.3 is 25.1 Å².